The molecule has 0 heterocycles. The van der Waals surface area contributed by atoms with E-state index in [9.17, 15) is 13.0 Å². The number of hydrogen-bond donors (Lipinski definition) is 0. The zero-order valence-electron chi connectivity index (χ0n) is 10.7. The van der Waals surface area contributed by atoms with Crippen molar-refractivity contribution in [3.63, 3.8) is 0 Å². The Morgan fingerprint density at radius 3 is 2.11 bits per heavy atom. The average molecular weight is 292 g/mol. The molecule has 0 spiro atoms. The fraction of sp³-hybridized carbons (Fsp3) is 0.538. The summed E-state index contributed by atoms with van der Waals surface area (Å²) in [5, 5.41) is -0.857. The Bertz CT molecular complexity index is 452. The van der Waals surface area contributed by atoms with Crippen molar-refractivity contribution in [1.82, 2.24) is 0 Å². The number of benzene rings is 1. The first-order valence-electron chi connectivity index (χ1n) is 6.08. The van der Waals surface area contributed by atoms with Crippen molar-refractivity contribution in [1.29, 1.82) is 0 Å². The molecule has 0 aliphatic heterocycles. The van der Waals surface area contributed by atoms with Crippen LogP contribution in [0.3, 0.4) is 0 Å². The number of rotatable bonds is 3. The van der Waals surface area contributed by atoms with Crippen LogP contribution in [-0.2, 0) is 10.1 Å². The van der Waals surface area contributed by atoms with Crippen molar-refractivity contribution in [2.45, 2.75) is 37.4 Å². The maximum Gasteiger partial charge on any atom is 1.00 e. The third-order valence-corrected chi connectivity index (χ3v) is 4.80. The minimum Gasteiger partial charge on any atom is -0.747 e. The molecule has 2 rings (SSSR count). The van der Waals surface area contributed by atoms with Gasteiger partial charge in [0.1, 0.15) is 10.1 Å². The van der Waals surface area contributed by atoms with Gasteiger partial charge in [0.25, 0.3) is 0 Å². The average Bonchev–Trinajstić information content (AvgIpc) is 2.30. The molecule has 94 valence electrons. The quantitative estimate of drug-likeness (QED) is 0.575. The normalized spacial score (nSPS) is 18.9. The van der Waals surface area contributed by atoms with Gasteiger partial charge < -0.3 is 4.55 Å². The van der Waals surface area contributed by atoms with Crippen molar-refractivity contribution >= 4 is 10.1 Å². The monoisotopic (exact) mass is 292 g/mol. The molecule has 0 amide bonds. The van der Waals surface area contributed by atoms with E-state index in [1.54, 1.807) is 24.3 Å². The molecule has 1 aromatic rings. The van der Waals surface area contributed by atoms with E-state index in [1.165, 1.54) is 0 Å². The molecule has 18 heavy (non-hydrogen) atoms. The van der Waals surface area contributed by atoms with Gasteiger partial charge >= 0.3 is 51.4 Å². The van der Waals surface area contributed by atoms with Crippen molar-refractivity contribution in [2.24, 2.45) is 5.92 Å². The third kappa shape index (κ3) is 4.40. The first-order valence-corrected chi connectivity index (χ1v) is 7.56. The van der Waals surface area contributed by atoms with E-state index in [-0.39, 0.29) is 57.3 Å². The maximum atomic E-state index is 11.5. The Kier molecular flexibility index (Phi) is 7.03. The molecule has 1 fully saturated rings. The fourth-order valence-corrected chi connectivity index (χ4v) is 3.99. The summed E-state index contributed by atoms with van der Waals surface area (Å²) in [6.07, 6.45) is 4.91. The molecule has 0 aromatic heterocycles. The minimum atomic E-state index is -4.27. The summed E-state index contributed by atoms with van der Waals surface area (Å²) in [6.45, 7) is 0. The van der Waals surface area contributed by atoms with Crippen LogP contribution >= 0.6 is 0 Å². The molecular weight excluding hydrogens is 275 g/mol. The molecule has 1 atom stereocenters. The van der Waals surface area contributed by atoms with Crippen molar-refractivity contribution in [3.8, 4) is 0 Å². The van der Waals surface area contributed by atoms with E-state index in [4.69, 9.17) is 0 Å². The summed E-state index contributed by atoms with van der Waals surface area (Å²) < 4.78 is 34.4. The van der Waals surface area contributed by atoms with Crippen LogP contribution < -0.4 is 51.4 Å². The predicted molar refractivity (Wildman–Crippen MR) is 65.5 cm³/mol. The SMILES string of the molecule is O=S(=O)([O-])[C@@H](c1ccccc1)C1CCCCC1.[K+]. The van der Waals surface area contributed by atoms with Gasteiger partial charge in [-0.2, -0.15) is 0 Å². The molecule has 3 nitrogen and oxygen atoms in total. The molecule has 0 unspecified atom stereocenters. The third-order valence-electron chi connectivity index (χ3n) is 3.52. The van der Waals surface area contributed by atoms with E-state index in [0.29, 0.717) is 5.56 Å². The van der Waals surface area contributed by atoms with E-state index >= 15 is 0 Å². The topological polar surface area (TPSA) is 57.2 Å². The van der Waals surface area contributed by atoms with Crippen molar-refractivity contribution in [3.05, 3.63) is 35.9 Å². The Labute approximate surface area is 152 Å². The zero-order valence-corrected chi connectivity index (χ0v) is 14.6. The Morgan fingerprint density at radius 2 is 1.61 bits per heavy atom. The van der Waals surface area contributed by atoms with Gasteiger partial charge in [-0.15, -0.1) is 0 Å². The van der Waals surface area contributed by atoms with Crippen LogP contribution in [0.2, 0.25) is 0 Å². The van der Waals surface area contributed by atoms with Crippen molar-refractivity contribution < 1.29 is 64.4 Å². The molecule has 0 N–H and O–H groups in total. The second-order valence-corrected chi connectivity index (χ2v) is 6.22. The maximum absolute atomic E-state index is 11.5. The van der Waals surface area contributed by atoms with Crippen LogP contribution in [0.5, 0.6) is 0 Å². The van der Waals surface area contributed by atoms with Crippen LogP contribution in [0.4, 0.5) is 0 Å². The molecule has 1 aromatic carbocycles. The van der Waals surface area contributed by atoms with Crippen LogP contribution in [0.25, 0.3) is 0 Å². The van der Waals surface area contributed by atoms with Crippen LogP contribution in [-0.4, -0.2) is 13.0 Å². The largest absolute Gasteiger partial charge is 1.00 e. The van der Waals surface area contributed by atoms with Gasteiger partial charge in [-0.05, 0) is 24.3 Å². The summed E-state index contributed by atoms with van der Waals surface area (Å²) in [6, 6.07) is 8.90. The van der Waals surface area contributed by atoms with Gasteiger partial charge in [-0.1, -0.05) is 49.6 Å². The van der Waals surface area contributed by atoms with Gasteiger partial charge in [-0.3, -0.25) is 0 Å². The second kappa shape index (κ2) is 7.52. The first kappa shape index (κ1) is 16.8. The van der Waals surface area contributed by atoms with Gasteiger partial charge in [0, 0.05) is 0 Å². The van der Waals surface area contributed by atoms with E-state index < -0.39 is 15.4 Å². The van der Waals surface area contributed by atoms with Gasteiger partial charge in [0.15, 0.2) is 0 Å². The Hall–Kier alpha value is 0.766. The first-order chi connectivity index (χ1) is 8.09. The summed E-state index contributed by atoms with van der Waals surface area (Å²) in [4.78, 5) is 0. The molecule has 5 heteroatoms. The molecule has 0 bridgehead atoms. The second-order valence-electron chi connectivity index (χ2n) is 4.72. The predicted octanol–water partition coefficient (Wildman–Crippen LogP) is -0.143. The van der Waals surface area contributed by atoms with Gasteiger partial charge in [0.05, 0.1) is 5.25 Å². The molecule has 0 radical (unpaired) electrons. The summed E-state index contributed by atoms with van der Waals surface area (Å²) in [7, 11) is -4.27. The molecule has 1 saturated carbocycles. The van der Waals surface area contributed by atoms with Gasteiger partial charge in [-0.25, -0.2) is 8.42 Å². The van der Waals surface area contributed by atoms with Gasteiger partial charge in [0.2, 0.25) is 0 Å². The Morgan fingerprint density at radius 1 is 1.06 bits per heavy atom. The standard InChI is InChI=1S/C13H18O3S.K/c14-17(15,16)13(11-7-3-1-4-8-11)12-9-5-2-6-10-12;/h1,3-4,7-8,12-13H,2,5-6,9-10H2,(H,14,15,16);/q;+1/p-1/t13-;/m0./s1. The van der Waals surface area contributed by atoms with E-state index in [0.717, 1.165) is 32.1 Å². The Balaban J connectivity index is 0.00000162. The van der Waals surface area contributed by atoms with Crippen LogP contribution in [0, 0.1) is 5.92 Å². The smallest absolute Gasteiger partial charge is 0.747 e. The molecular formula is C13H17KO3S. The minimum absolute atomic E-state index is 0. The van der Waals surface area contributed by atoms with Crippen molar-refractivity contribution in [2.75, 3.05) is 0 Å². The van der Waals surface area contributed by atoms with E-state index in [2.05, 4.69) is 0 Å². The fourth-order valence-electron chi connectivity index (χ4n) is 2.75. The van der Waals surface area contributed by atoms with Crippen LogP contribution in [0.1, 0.15) is 42.9 Å². The summed E-state index contributed by atoms with van der Waals surface area (Å²) in [5.74, 6) is -0.00588. The number of hydrogen-bond acceptors (Lipinski definition) is 3. The zero-order chi connectivity index (χ0) is 12.3. The van der Waals surface area contributed by atoms with Crippen LogP contribution in [0.15, 0.2) is 30.3 Å². The summed E-state index contributed by atoms with van der Waals surface area (Å²) >= 11 is 0. The molecule has 1 aliphatic rings. The van der Waals surface area contributed by atoms with E-state index in [1.807, 2.05) is 6.07 Å². The summed E-state index contributed by atoms with van der Waals surface area (Å²) in [5.41, 5.74) is 0.648. The molecule has 1 aliphatic carbocycles. The molecule has 0 saturated heterocycles.